The maximum absolute atomic E-state index is 6.05. The van der Waals surface area contributed by atoms with Crippen molar-refractivity contribution in [2.45, 2.75) is 93.6 Å². The number of hydrogen-bond donors (Lipinski definition) is 0. The summed E-state index contributed by atoms with van der Waals surface area (Å²) >= 11 is 0. The molecule has 3 heteroatoms. The highest BCUT2D eigenvalue weighted by atomic mass is 32.2. The second-order valence-corrected chi connectivity index (χ2v) is 13.5. The van der Waals surface area contributed by atoms with Gasteiger partial charge in [0.2, 0.25) is 0 Å². The van der Waals surface area contributed by atoms with E-state index >= 15 is 0 Å². The Labute approximate surface area is 203 Å². The summed E-state index contributed by atoms with van der Waals surface area (Å²) in [4.78, 5) is 3.84. The van der Waals surface area contributed by atoms with E-state index in [2.05, 4.69) is 135 Å². The Morgan fingerprint density at radius 3 is 1.03 bits per heavy atom. The molecule has 0 radical (unpaired) electrons. The minimum Gasteiger partial charge on any atom is -0.488 e. The lowest BCUT2D eigenvalue weighted by atomic mass is 9.87. The van der Waals surface area contributed by atoms with Crippen LogP contribution < -0.4 is 9.47 Å². The quantitative estimate of drug-likeness (QED) is 0.353. The summed E-state index contributed by atoms with van der Waals surface area (Å²) < 4.78 is 12.1. The molecule has 0 heterocycles. The SMILES string of the molecule is CC(C)(C)Oc1ccc([S+](c2ccc(OC(C)(C)C)cc2)c2ccc(C(C)(C)C)cc2)cc1. The molecule has 0 N–H and O–H groups in total. The third kappa shape index (κ3) is 7.30. The molecule has 0 saturated carbocycles. The van der Waals surface area contributed by atoms with Crippen LogP contribution in [-0.4, -0.2) is 11.2 Å². The summed E-state index contributed by atoms with van der Waals surface area (Å²) in [7, 11) is -0.224. The molecule has 0 aliphatic heterocycles. The van der Waals surface area contributed by atoms with Crippen LogP contribution >= 0.6 is 0 Å². The van der Waals surface area contributed by atoms with Crippen molar-refractivity contribution in [3.8, 4) is 11.5 Å². The topological polar surface area (TPSA) is 18.5 Å². The van der Waals surface area contributed by atoms with Gasteiger partial charge in [0.25, 0.3) is 0 Å². The van der Waals surface area contributed by atoms with E-state index in [1.165, 1.54) is 20.2 Å². The summed E-state index contributed by atoms with van der Waals surface area (Å²) in [5, 5.41) is 0. The Kier molecular flexibility index (Phi) is 7.24. The third-order valence-corrected chi connectivity index (χ3v) is 7.15. The number of hydrogen-bond acceptors (Lipinski definition) is 2. The van der Waals surface area contributed by atoms with Gasteiger partial charge in [0.05, 0.1) is 10.9 Å². The van der Waals surface area contributed by atoms with Crippen molar-refractivity contribution >= 4 is 10.9 Å². The van der Waals surface area contributed by atoms with Gasteiger partial charge in [0, 0.05) is 0 Å². The average molecular weight is 464 g/mol. The molecular formula is C30H39O2S+. The van der Waals surface area contributed by atoms with Crippen molar-refractivity contribution in [3.05, 3.63) is 78.4 Å². The molecule has 3 rings (SSSR count). The highest BCUT2D eigenvalue weighted by molar-refractivity contribution is 7.97. The van der Waals surface area contributed by atoms with E-state index in [1.54, 1.807) is 0 Å². The molecule has 0 saturated heterocycles. The first kappa shape index (κ1) is 25.2. The Morgan fingerprint density at radius 1 is 0.455 bits per heavy atom. The average Bonchev–Trinajstić information content (AvgIpc) is 2.68. The fraction of sp³-hybridized carbons (Fsp3) is 0.400. The minimum atomic E-state index is -0.224. The van der Waals surface area contributed by atoms with Crippen LogP contribution in [0.3, 0.4) is 0 Å². The van der Waals surface area contributed by atoms with E-state index in [0.717, 1.165) is 11.5 Å². The first-order valence-corrected chi connectivity index (χ1v) is 12.9. The molecule has 33 heavy (non-hydrogen) atoms. The molecule has 0 atom stereocenters. The third-order valence-electron chi connectivity index (χ3n) is 4.92. The fourth-order valence-electron chi connectivity index (χ4n) is 3.49. The number of rotatable bonds is 5. The lowest BCUT2D eigenvalue weighted by molar-refractivity contribution is 0.130. The van der Waals surface area contributed by atoms with Crippen LogP contribution in [-0.2, 0) is 16.3 Å². The zero-order valence-electron chi connectivity index (χ0n) is 21.7. The summed E-state index contributed by atoms with van der Waals surface area (Å²) in [6, 6.07) is 26.2. The fourth-order valence-corrected chi connectivity index (χ4v) is 5.54. The van der Waals surface area contributed by atoms with Gasteiger partial charge in [-0.15, -0.1) is 0 Å². The zero-order chi connectivity index (χ0) is 24.4. The molecule has 3 aromatic rings. The zero-order valence-corrected chi connectivity index (χ0v) is 22.5. The molecule has 0 aliphatic carbocycles. The molecule has 0 aliphatic rings. The van der Waals surface area contributed by atoms with Crippen molar-refractivity contribution in [1.29, 1.82) is 0 Å². The van der Waals surface area contributed by atoms with Gasteiger partial charge < -0.3 is 9.47 Å². The van der Waals surface area contributed by atoms with Gasteiger partial charge in [-0.2, -0.15) is 0 Å². The van der Waals surface area contributed by atoms with Gasteiger partial charge in [0.15, 0.2) is 14.7 Å². The predicted octanol–water partition coefficient (Wildman–Crippen LogP) is 8.43. The summed E-state index contributed by atoms with van der Waals surface area (Å²) in [6.45, 7) is 19.2. The molecule has 0 fully saturated rings. The molecule has 0 unspecified atom stereocenters. The molecule has 0 amide bonds. The molecular weight excluding hydrogens is 424 g/mol. The van der Waals surface area contributed by atoms with Gasteiger partial charge in [-0.05, 0) is 113 Å². The number of ether oxygens (including phenoxy) is 2. The molecule has 3 aromatic carbocycles. The Bertz CT molecular complexity index is 970. The van der Waals surface area contributed by atoms with E-state index in [1.807, 2.05) is 0 Å². The van der Waals surface area contributed by atoms with Crippen LogP contribution in [0.15, 0.2) is 87.5 Å². The van der Waals surface area contributed by atoms with Crippen LogP contribution in [0.5, 0.6) is 11.5 Å². The standard InChI is InChI=1S/C30H39O2S/c1-28(2,3)22-10-16-25(17-11-22)33(26-18-12-23(13-19-26)31-29(4,5)6)27-20-14-24(15-21-27)32-30(7,8)9/h10-21H,1-9H3/q+1. The lowest BCUT2D eigenvalue weighted by Crippen LogP contribution is -2.23. The van der Waals surface area contributed by atoms with Crippen LogP contribution in [0.25, 0.3) is 0 Å². The van der Waals surface area contributed by atoms with Crippen molar-refractivity contribution in [1.82, 2.24) is 0 Å². The van der Waals surface area contributed by atoms with E-state index in [-0.39, 0.29) is 27.5 Å². The molecule has 2 nitrogen and oxygen atoms in total. The second kappa shape index (κ2) is 9.46. The van der Waals surface area contributed by atoms with Crippen LogP contribution in [0.4, 0.5) is 0 Å². The number of benzene rings is 3. The lowest BCUT2D eigenvalue weighted by Gasteiger charge is -2.22. The highest BCUT2D eigenvalue weighted by Crippen LogP contribution is 2.35. The Morgan fingerprint density at radius 2 is 0.758 bits per heavy atom. The van der Waals surface area contributed by atoms with Crippen molar-refractivity contribution in [2.75, 3.05) is 0 Å². The first-order chi connectivity index (χ1) is 15.2. The largest absolute Gasteiger partial charge is 0.488 e. The van der Waals surface area contributed by atoms with Gasteiger partial charge in [-0.25, -0.2) is 0 Å². The van der Waals surface area contributed by atoms with Crippen LogP contribution in [0.2, 0.25) is 0 Å². The monoisotopic (exact) mass is 463 g/mol. The van der Waals surface area contributed by atoms with Gasteiger partial charge >= 0.3 is 0 Å². The van der Waals surface area contributed by atoms with E-state index in [9.17, 15) is 0 Å². The van der Waals surface area contributed by atoms with E-state index in [4.69, 9.17) is 9.47 Å². The first-order valence-electron chi connectivity index (χ1n) is 11.6. The minimum absolute atomic E-state index is 0.134. The summed E-state index contributed by atoms with van der Waals surface area (Å²) in [6.07, 6.45) is 0. The van der Waals surface area contributed by atoms with Gasteiger partial charge in [-0.1, -0.05) is 32.9 Å². The molecule has 0 aromatic heterocycles. The normalized spacial score (nSPS) is 12.7. The summed E-state index contributed by atoms with van der Waals surface area (Å²) in [5.41, 5.74) is 1.05. The summed E-state index contributed by atoms with van der Waals surface area (Å²) in [5.74, 6) is 1.79. The maximum Gasteiger partial charge on any atom is 0.166 e. The van der Waals surface area contributed by atoms with Crippen molar-refractivity contribution < 1.29 is 9.47 Å². The molecule has 0 spiro atoms. The maximum atomic E-state index is 6.05. The van der Waals surface area contributed by atoms with Crippen LogP contribution in [0.1, 0.15) is 67.9 Å². The van der Waals surface area contributed by atoms with Crippen LogP contribution in [0, 0.1) is 0 Å². The molecule has 176 valence electrons. The Hall–Kier alpha value is -2.39. The van der Waals surface area contributed by atoms with Crippen molar-refractivity contribution in [2.24, 2.45) is 0 Å². The van der Waals surface area contributed by atoms with Gasteiger partial charge in [0.1, 0.15) is 22.7 Å². The smallest absolute Gasteiger partial charge is 0.166 e. The highest BCUT2D eigenvalue weighted by Gasteiger charge is 2.30. The van der Waals surface area contributed by atoms with E-state index in [0.29, 0.717) is 0 Å². The van der Waals surface area contributed by atoms with Gasteiger partial charge in [-0.3, -0.25) is 0 Å². The Balaban J connectivity index is 2.00. The predicted molar refractivity (Wildman–Crippen MR) is 141 cm³/mol. The second-order valence-electron chi connectivity index (χ2n) is 11.5. The van der Waals surface area contributed by atoms with E-state index < -0.39 is 0 Å². The molecule has 0 bridgehead atoms. The van der Waals surface area contributed by atoms with Crippen molar-refractivity contribution in [3.63, 3.8) is 0 Å².